The van der Waals surface area contributed by atoms with Crippen LogP contribution in [0.5, 0.6) is 0 Å². The molecule has 0 unspecified atom stereocenters. The van der Waals surface area contributed by atoms with Crippen molar-refractivity contribution in [2.45, 2.75) is 17.3 Å². The molecule has 0 amide bonds. The molecular weight excluding hydrogens is 280 g/mol. The van der Waals surface area contributed by atoms with E-state index in [4.69, 9.17) is 5.11 Å². The molecule has 0 saturated carbocycles. The van der Waals surface area contributed by atoms with Crippen LogP contribution in [0.3, 0.4) is 0 Å². The molecule has 0 atom stereocenters. The van der Waals surface area contributed by atoms with E-state index in [1.807, 2.05) is 65.5 Å². The van der Waals surface area contributed by atoms with E-state index in [1.165, 1.54) is 10.5 Å². The highest BCUT2D eigenvalue weighted by atomic mass is 32.2. The predicted octanol–water partition coefficient (Wildman–Crippen LogP) is 3.66. The number of benzene rings is 2. The second-order valence-corrected chi connectivity index (χ2v) is 5.77. The Morgan fingerprint density at radius 1 is 0.952 bits per heavy atom. The monoisotopic (exact) mass is 296 g/mol. The molecule has 106 valence electrons. The van der Waals surface area contributed by atoms with Crippen LogP contribution < -0.4 is 0 Å². The van der Waals surface area contributed by atoms with Gasteiger partial charge in [0.25, 0.3) is 0 Å². The Kier molecular flexibility index (Phi) is 4.38. The zero-order chi connectivity index (χ0) is 14.5. The van der Waals surface area contributed by atoms with E-state index < -0.39 is 0 Å². The van der Waals surface area contributed by atoms with Crippen molar-refractivity contribution in [1.29, 1.82) is 0 Å². The number of nitrogens with zero attached hydrogens (tertiary/aromatic N) is 2. The average Bonchev–Trinajstić information content (AvgIpc) is 3.03. The van der Waals surface area contributed by atoms with Crippen LogP contribution in [0, 0.1) is 0 Å². The molecule has 0 aliphatic rings. The Balaban J connectivity index is 1.64. The Hall–Kier alpha value is -2.04. The van der Waals surface area contributed by atoms with E-state index >= 15 is 0 Å². The van der Waals surface area contributed by atoms with Gasteiger partial charge in [0, 0.05) is 22.4 Å². The summed E-state index contributed by atoms with van der Waals surface area (Å²) in [5.74, 6) is 0.880. The second kappa shape index (κ2) is 6.61. The van der Waals surface area contributed by atoms with Gasteiger partial charge in [-0.15, -0.1) is 11.8 Å². The molecule has 3 aromatic rings. The molecule has 1 aromatic heterocycles. The predicted molar refractivity (Wildman–Crippen MR) is 85.5 cm³/mol. The number of hydrogen-bond donors (Lipinski definition) is 1. The maximum Gasteiger partial charge on any atom is 0.0681 e. The van der Waals surface area contributed by atoms with Gasteiger partial charge in [0.05, 0.1) is 18.5 Å². The molecular formula is C17H16N2OS. The van der Waals surface area contributed by atoms with Crippen LogP contribution in [0.1, 0.15) is 11.1 Å². The SMILES string of the molecule is OCc1ccc(SCc2cnn(-c3ccccc3)c2)cc1. The number of thioether (sulfide) groups is 1. The number of aliphatic hydroxyl groups is 1. The largest absolute Gasteiger partial charge is 0.392 e. The summed E-state index contributed by atoms with van der Waals surface area (Å²) in [5, 5.41) is 13.4. The molecule has 2 aromatic carbocycles. The lowest BCUT2D eigenvalue weighted by molar-refractivity contribution is 0.282. The summed E-state index contributed by atoms with van der Waals surface area (Å²) < 4.78 is 1.89. The van der Waals surface area contributed by atoms with Crippen LogP contribution in [0.25, 0.3) is 5.69 Å². The Morgan fingerprint density at radius 3 is 2.43 bits per heavy atom. The smallest absolute Gasteiger partial charge is 0.0681 e. The zero-order valence-corrected chi connectivity index (χ0v) is 12.3. The van der Waals surface area contributed by atoms with Gasteiger partial charge in [-0.25, -0.2) is 4.68 Å². The third-order valence-electron chi connectivity index (χ3n) is 3.17. The van der Waals surface area contributed by atoms with Crippen LogP contribution >= 0.6 is 11.8 Å². The normalized spacial score (nSPS) is 10.7. The first kappa shape index (κ1) is 13.9. The maximum absolute atomic E-state index is 9.03. The van der Waals surface area contributed by atoms with Gasteiger partial charge in [0.2, 0.25) is 0 Å². The van der Waals surface area contributed by atoms with Gasteiger partial charge in [-0.2, -0.15) is 5.10 Å². The van der Waals surface area contributed by atoms with Crippen molar-refractivity contribution >= 4 is 11.8 Å². The lowest BCUT2D eigenvalue weighted by atomic mass is 10.2. The summed E-state index contributed by atoms with van der Waals surface area (Å²) in [4.78, 5) is 1.19. The van der Waals surface area contributed by atoms with Gasteiger partial charge in [-0.05, 0) is 29.8 Å². The molecule has 3 rings (SSSR count). The Bertz CT molecular complexity index is 692. The summed E-state index contributed by atoms with van der Waals surface area (Å²) in [6.07, 6.45) is 3.96. The van der Waals surface area contributed by atoms with Crippen LogP contribution in [-0.2, 0) is 12.4 Å². The lowest BCUT2D eigenvalue weighted by Gasteiger charge is -2.01. The molecule has 1 heterocycles. The van der Waals surface area contributed by atoms with E-state index in [2.05, 4.69) is 11.3 Å². The topological polar surface area (TPSA) is 38.1 Å². The van der Waals surface area contributed by atoms with E-state index in [1.54, 1.807) is 11.8 Å². The number of hydrogen-bond acceptors (Lipinski definition) is 3. The summed E-state index contributed by atoms with van der Waals surface area (Å²) in [6, 6.07) is 18.1. The molecule has 0 saturated heterocycles. The number of aromatic nitrogens is 2. The molecule has 21 heavy (non-hydrogen) atoms. The van der Waals surface area contributed by atoms with Gasteiger partial charge >= 0.3 is 0 Å². The van der Waals surface area contributed by atoms with Gasteiger partial charge < -0.3 is 5.11 Å². The summed E-state index contributed by atoms with van der Waals surface area (Å²) in [6.45, 7) is 0.0921. The van der Waals surface area contributed by atoms with Crippen molar-refractivity contribution in [3.8, 4) is 5.69 Å². The summed E-state index contributed by atoms with van der Waals surface area (Å²) >= 11 is 1.77. The second-order valence-electron chi connectivity index (χ2n) is 4.72. The van der Waals surface area contributed by atoms with E-state index in [0.717, 1.165) is 17.0 Å². The minimum absolute atomic E-state index is 0.0921. The number of aliphatic hydroxyl groups excluding tert-OH is 1. The maximum atomic E-state index is 9.03. The van der Waals surface area contributed by atoms with Crippen molar-refractivity contribution in [3.63, 3.8) is 0 Å². The third kappa shape index (κ3) is 3.54. The van der Waals surface area contributed by atoms with Crippen molar-refractivity contribution in [2.24, 2.45) is 0 Å². The zero-order valence-electron chi connectivity index (χ0n) is 11.5. The Morgan fingerprint density at radius 2 is 1.71 bits per heavy atom. The summed E-state index contributed by atoms with van der Waals surface area (Å²) in [5.41, 5.74) is 3.20. The van der Waals surface area contributed by atoms with Crippen LogP contribution in [0.2, 0.25) is 0 Å². The highest BCUT2D eigenvalue weighted by Crippen LogP contribution is 2.23. The molecule has 0 radical (unpaired) electrons. The highest BCUT2D eigenvalue weighted by Gasteiger charge is 2.02. The lowest BCUT2D eigenvalue weighted by Crippen LogP contribution is -1.92. The van der Waals surface area contributed by atoms with Gasteiger partial charge in [0.15, 0.2) is 0 Å². The first-order valence-corrected chi connectivity index (χ1v) is 7.75. The van der Waals surface area contributed by atoms with E-state index in [0.29, 0.717) is 0 Å². The molecule has 0 aliphatic heterocycles. The summed E-state index contributed by atoms with van der Waals surface area (Å²) in [7, 11) is 0. The van der Waals surface area contributed by atoms with E-state index in [9.17, 15) is 0 Å². The fourth-order valence-corrected chi connectivity index (χ4v) is 2.83. The average molecular weight is 296 g/mol. The number of rotatable bonds is 5. The quantitative estimate of drug-likeness (QED) is 0.730. The fraction of sp³-hybridized carbons (Fsp3) is 0.118. The van der Waals surface area contributed by atoms with Crippen LogP contribution in [0.4, 0.5) is 0 Å². The van der Waals surface area contributed by atoms with Crippen molar-refractivity contribution in [1.82, 2.24) is 9.78 Å². The third-order valence-corrected chi connectivity index (χ3v) is 4.25. The first-order valence-electron chi connectivity index (χ1n) is 6.77. The van der Waals surface area contributed by atoms with Crippen LogP contribution in [-0.4, -0.2) is 14.9 Å². The van der Waals surface area contributed by atoms with E-state index in [-0.39, 0.29) is 6.61 Å². The van der Waals surface area contributed by atoms with Crippen LogP contribution in [0.15, 0.2) is 71.9 Å². The van der Waals surface area contributed by atoms with Gasteiger partial charge in [-0.1, -0.05) is 30.3 Å². The fourth-order valence-electron chi connectivity index (χ4n) is 2.01. The first-order chi connectivity index (χ1) is 10.3. The standard InChI is InChI=1S/C17H16N2OS/c20-12-14-6-8-17(9-7-14)21-13-15-10-18-19(11-15)16-4-2-1-3-5-16/h1-11,20H,12-13H2. The van der Waals surface area contributed by atoms with Crippen molar-refractivity contribution < 1.29 is 5.11 Å². The molecule has 4 heteroatoms. The molecule has 0 aliphatic carbocycles. The molecule has 3 nitrogen and oxygen atoms in total. The molecule has 0 fully saturated rings. The van der Waals surface area contributed by atoms with Gasteiger partial charge in [-0.3, -0.25) is 0 Å². The minimum atomic E-state index is 0.0921. The molecule has 1 N–H and O–H groups in total. The molecule has 0 bridgehead atoms. The van der Waals surface area contributed by atoms with Gasteiger partial charge in [0.1, 0.15) is 0 Å². The van der Waals surface area contributed by atoms with Crippen molar-refractivity contribution in [3.05, 3.63) is 78.1 Å². The minimum Gasteiger partial charge on any atom is -0.392 e. The Labute approximate surface area is 128 Å². The molecule has 0 spiro atoms. The van der Waals surface area contributed by atoms with Crippen molar-refractivity contribution in [2.75, 3.05) is 0 Å². The number of para-hydroxylation sites is 1. The highest BCUT2D eigenvalue weighted by molar-refractivity contribution is 7.98.